The first-order chi connectivity index (χ1) is 7.66. The SMILES string of the molecule is CN(Cc1cscn1)C(=O)C(C)(N)C(F)(F)F. The van der Waals surface area contributed by atoms with Gasteiger partial charge in [0.05, 0.1) is 17.7 Å². The number of alkyl halides is 3. The van der Waals surface area contributed by atoms with E-state index in [2.05, 4.69) is 4.98 Å². The quantitative estimate of drug-likeness (QED) is 0.900. The molecule has 1 atom stereocenters. The van der Waals surface area contributed by atoms with Gasteiger partial charge in [-0.1, -0.05) is 0 Å². The summed E-state index contributed by atoms with van der Waals surface area (Å²) < 4.78 is 37.6. The van der Waals surface area contributed by atoms with Crippen LogP contribution < -0.4 is 5.73 Å². The van der Waals surface area contributed by atoms with E-state index in [0.29, 0.717) is 12.6 Å². The number of rotatable bonds is 3. The average Bonchev–Trinajstić information content (AvgIpc) is 2.67. The second kappa shape index (κ2) is 4.61. The Kier molecular flexibility index (Phi) is 3.78. The Morgan fingerprint density at radius 3 is 2.59 bits per heavy atom. The van der Waals surface area contributed by atoms with E-state index in [1.165, 1.54) is 18.4 Å². The fourth-order valence-electron chi connectivity index (χ4n) is 1.15. The van der Waals surface area contributed by atoms with Gasteiger partial charge in [-0.25, -0.2) is 4.98 Å². The Labute approximate surface area is 100 Å². The van der Waals surface area contributed by atoms with E-state index in [9.17, 15) is 18.0 Å². The number of thiazole rings is 1. The van der Waals surface area contributed by atoms with E-state index in [4.69, 9.17) is 5.73 Å². The monoisotopic (exact) mass is 267 g/mol. The fourth-order valence-corrected chi connectivity index (χ4v) is 1.70. The van der Waals surface area contributed by atoms with Crippen molar-refractivity contribution >= 4 is 17.2 Å². The smallest absolute Gasteiger partial charge is 0.338 e. The minimum atomic E-state index is -4.78. The van der Waals surface area contributed by atoms with E-state index in [1.807, 2.05) is 0 Å². The summed E-state index contributed by atoms with van der Waals surface area (Å²) in [7, 11) is 1.26. The van der Waals surface area contributed by atoms with Gasteiger partial charge in [-0.15, -0.1) is 11.3 Å². The molecule has 17 heavy (non-hydrogen) atoms. The van der Waals surface area contributed by atoms with Crippen molar-refractivity contribution in [3.63, 3.8) is 0 Å². The van der Waals surface area contributed by atoms with Gasteiger partial charge in [0.25, 0.3) is 5.91 Å². The van der Waals surface area contributed by atoms with E-state index in [1.54, 1.807) is 10.9 Å². The number of hydrogen-bond donors (Lipinski definition) is 1. The number of amides is 1. The van der Waals surface area contributed by atoms with Gasteiger partial charge in [0.2, 0.25) is 0 Å². The zero-order valence-corrected chi connectivity index (χ0v) is 10.1. The van der Waals surface area contributed by atoms with Gasteiger partial charge in [-0.3, -0.25) is 4.79 Å². The molecule has 1 amide bonds. The largest absolute Gasteiger partial charge is 0.415 e. The molecule has 4 nitrogen and oxygen atoms in total. The van der Waals surface area contributed by atoms with Crippen molar-refractivity contribution in [1.82, 2.24) is 9.88 Å². The molecule has 2 N–H and O–H groups in total. The van der Waals surface area contributed by atoms with Gasteiger partial charge < -0.3 is 10.6 Å². The highest BCUT2D eigenvalue weighted by atomic mass is 32.1. The summed E-state index contributed by atoms with van der Waals surface area (Å²) in [4.78, 5) is 16.4. The number of nitrogens with zero attached hydrogens (tertiary/aromatic N) is 2. The number of carbonyl (C=O) groups excluding carboxylic acids is 1. The highest BCUT2D eigenvalue weighted by Crippen LogP contribution is 2.29. The molecule has 1 aromatic heterocycles. The number of halogens is 3. The number of nitrogens with two attached hydrogens (primary N) is 1. The molecule has 0 bridgehead atoms. The van der Waals surface area contributed by atoms with Crippen LogP contribution in [-0.2, 0) is 11.3 Å². The first-order valence-electron chi connectivity index (χ1n) is 4.64. The van der Waals surface area contributed by atoms with Crippen molar-refractivity contribution in [2.24, 2.45) is 5.73 Å². The molecular formula is C9H12F3N3OS. The lowest BCUT2D eigenvalue weighted by molar-refractivity contribution is -0.193. The van der Waals surface area contributed by atoms with Crippen LogP contribution in [0, 0.1) is 0 Å². The van der Waals surface area contributed by atoms with Gasteiger partial charge >= 0.3 is 6.18 Å². The van der Waals surface area contributed by atoms with Crippen molar-refractivity contribution in [2.75, 3.05) is 7.05 Å². The molecule has 0 radical (unpaired) electrons. The van der Waals surface area contributed by atoms with Gasteiger partial charge in [-0.05, 0) is 6.92 Å². The summed E-state index contributed by atoms with van der Waals surface area (Å²) in [5.41, 5.74) is 4.23. The van der Waals surface area contributed by atoms with Crippen molar-refractivity contribution < 1.29 is 18.0 Å². The minimum Gasteiger partial charge on any atom is -0.338 e. The molecule has 96 valence electrons. The van der Waals surface area contributed by atoms with Crippen molar-refractivity contribution in [2.45, 2.75) is 25.2 Å². The fraction of sp³-hybridized carbons (Fsp3) is 0.556. The third-order valence-electron chi connectivity index (χ3n) is 2.26. The molecule has 1 aromatic rings. The maximum atomic E-state index is 12.5. The topological polar surface area (TPSA) is 59.2 Å². The molecule has 0 aromatic carbocycles. The third kappa shape index (κ3) is 2.95. The van der Waals surface area contributed by atoms with Gasteiger partial charge in [0.15, 0.2) is 5.54 Å². The predicted molar refractivity (Wildman–Crippen MR) is 57.2 cm³/mol. The number of aromatic nitrogens is 1. The summed E-state index contributed by atoms with van der Waals surface area (Å²) >= 11 is 1.30. The lowest BCUT2D eigenvalue weighted by Gasteiger charge is -2.30. The van der Waals surface area contributed by atoms with Crippen LogP contribution in [0.25, 0.3) is 0 Å². The average molecular weight is 267 g/mol. The number of hydrogen-bond acceptors (Lipinski definition) is 4. The van der Waals surface area contributed by atoms with E-state index in [-0.39, 0.29) is 6.54 Å². The van der Waals surface area contributed by atoms with E-state index in [0.717, 1.165) is 4.90 Å². The molecule has 8 heteroatoms. The highest BCUT2D eigenvalue weighted by Gasteiger charge is 2.54. The van der Waals surface area contributed by atoms with Crippen molar-refractivity contribution in [3.8, 4) is 0 Å². The Bertz CT molecular complexity index is 389. The standard InChI is InChI=1S/C9H12F3N3OS/c1-8(13,9(10,11)12)7(16)15(2)3-6-4-17-5-14-6/h4-5H,3,13H2,1-2H3. The molecule has 0 saturated heterocycles. The number of likely N-dealkylation sites (N-methyl/N-ethyl adjacent to an activating group) is 1. The minimum absolute atomic E-state index is 0.00516. The lowest BCUT2D eigenvalue weighted by Crippen LogP contribution is -2.61. The predicted octanol–water partition coefficient (Wildman–Crippen LogP) is 1.38. The summed E-state index contributed by atoms with van der Waals surface area (Å²) in [6.45, 7) is 0.665. The molecule has 0 spiro atoms. The van der Waals surface area contributed by atoms with Crippen LogP contribution in [0.15, 0.2) is 10.9 Å². The van der Waals surface area contributed by atoms with Crippen LogP contribution in [0.1, 0.15) is 12.6 Å². The van der Waals surface area contributed by atoms with E-state index < -0.39 is 17.6 Å². The molecule has 0 aliphatic heterocycles. The van der Waals surface area contributed by atoms with Crippen LogP contribution in [0.5, 0.6) is 0 Å². The summed E-state index contributed by atoms with van der Waals surface area (Å²) in [5, 5.41) is 1.66. The van der Waals surface area contributed by atoms with Crippen LogP contribution >= 0.6 is 11.3 Å². The summed E-state index contributed by atoms with van der Waals surface area (Å²) in [5.74, 6) is -1.18. The second-order valence-corrected chi connectivity index (χ2v) is 4.56. The maximum Gasteiger partial charge on any atom is 0.415 e. The molecule has 0 aliphatic carbocycles. The molecule has 1 rings (SSSR count). The Morgan fingerprint density at radius 1 is 1.59 bits per heavy atom. The van der Waals surface area contributed by atoms with Gasteiger partial charge in [0, 0.05) is 12.4 Å². The molecule has 1 unspecified atom stereocenters. The summed E-state index contributed by atoms with van der Waals surface area (Å²) in [6.07, 6.45) is -4.78. The van der Waals surface area contributed by atoms with Crippen molar-refractivity contribution in [1.29, 1.82) is 0 Å². The van der Waals surface area contributed by atoms with Crippen LogP contribution in [0.4, 0.5) is 13.2 Å². The second-order valence-electron chi connectivity index (χ2n) is 3.84. The highest BCUT2D eigenvalue weighted by molar-refractivity contribution is 7.07. The van der Waals surface area contributed by atoms with Crippen LogP contribution in [0.2, 0.25) is 0 Å². The zero-order valence-electron chi connectivity index (χ0n) is 9.28. The molecule has 1 heterocycles. The molecule has 0 saturated carbocycles. The maximum absolute atomic E-state index is 12.5. The lowest BCUT2D eigenvalue weighted by atomic mass is 10.0. The first kappa shape index (κ1) is 13.9. The van der Waals surface area contributed by atoms with Gasteiger partial charge in [-0.2, -0.15) is 13.2 Å². The van der Waals surface area contributed by atoms with Crippen molar-refractivity contribution in [3.05, 3.63) is 16.6 Å². The number of carbonyl (C=O) groups is 1. The van der Waals surface area contributed by atoms with Crippen LogP contribution in [0.3, 0.4) is 0 Å². The first-order valence-corrected chi connectivity index (χ1v) is 5.59. The zero-order chi connectivity index (χ0) is 13.3. The molecule has 0 aliphatic rings. The Hall–Kier alpha value is -1.15. The summed E-state index contributed by atoms with van der Waals surface area (Å²) in [6, 6.07) is 0. The molecule has 0 fully saturated rings. The third-order valence-corrected chi connectivity index (χ3v) is 2.90. The molecular weight excluding hydrogens is 255 g/mol. The Morgan fingerprint density at radius 2 is 2.18 bits per heavy atom. The Balaban J connectivity index is 2.76. The van der Waals surface area contributed by atoms with E-state index >= 15 is 0 Å². The normalized spacial score (nSPS) is 15.4. The van der Waals surface area contributed by atoms with Gasteiger partial charge in [0.1, 0.15) is 0 Å². The van der Waals surface area contributed by atoms with Crippen LogP contribution in [-0.4, -0.2) is 34.6 Å².